The molecule has 0 saturated heterocycles. The van der Waals surface area contributed by atoms with Gasteiger partial charge in [-0.05, 0) is 19.1 Å². The number of ether oxygens (including phenoxy) is 1. The van der Waals surface area contributed by atoms with Crippen LogP contribution in [-0.4, -0.2) is 26.4 Å². The zero-order chi connectivity index (χ0) is 12.0. The Morgan fingerprint density at radius 3 is 2.75 bits per heavy atom. The quantitative estimate of drug-likeness (QED) is 0.797. The first-order valence-corrected chi connectivity index (χ1v) is 4.99. The van der Waals surface area contributed by atoms with E-state index in [1.807, 2.05) is 0 Å². The number of hydrogen-bond donors (Lipinski definition) is 1. The van der Waals surface area contributed by atoms with Gasteiger partial charge in [-0.2, -0.15) is 0 Å². The van der Waals surface area contributed by atoms with E-state index in [9.17, 15) is 9.18 Å². The average molecular weight is 226 g/mol. The van der Waals surface area contributed by atoms with E-state index in [0.29, 0.717) is 6.54 Å². The van der Waals surface area contributed by atoms with Crippen molar-refractivity contribution in [3.05, 3.63) is 30.1 Å². The summed E-state index contributed by atoms with van der Waals surface area (Å²) in [5, 5.41) is 2.60. The third-order valence-corrected chi connectivity index (χ3v) is 1.97. The fraction of sp³-hybridized carbons (Fsp3) is 0.364. The van der Waals surface area contributed by atoms with Crippen LogP contribution in [0.15, 0.2) is 24.3 Å². The van der Waals surface area contributed by atoms with Gasteiger partial charge < -0.3 is 10.1 Å². The summed E-state index contributed by atoms with van der Waals surface area (Å²) in [6, 6.07) is 5.69. The highest BCUT2D eigenvalue weighted by Crippen LogP contribution is 2.18. The van der Waals surface area contributed by atoms with Gasteiger partial charge in [0, 0.05) is 13.7 Å². The molecule has 1 aromatic rings. The molecule has 0 radical (unpaired) electrons. The van der Waals surface area contributed by atoms with Crippen molar-refractivity contribution in [1.82, 2.24) is 5.32 Å². The lowest BCUT2D eigenvalue weighted by molar-refractivity contribution is 0.191. The number of carbonyl (C=O) groups is 1. The Kier molecular flexibility index (Phi) is 4.72. The minimum atomic E-state index is -0.453. The van der Waals surface area contributed by atoms with E-state index in [1.54, 1.807) is 19.1 Å². The molecule has 0 bridgehead atoms. The Bertz CT molecular complexity index is 358. The van der Waals surface area contributed by atoms with Crippen molar-refractivity contribution < 1.29 is 13.9 Å². The first-order valence-electron chi connectivity index (χ1n) is 4.99. The molecule has 0 atom stereocenters. The van der Waals surface area contributed by atoms with Crippen molar-refractivity contribution in [2.45, 2.75) is 6.92 Å². The molecule has 0 aromatic heterocycles. The minimum absolute atomic E-state index is 0.00671. The van der Waals surface area contributed by atoms with Crippen LogP contribution in [0.25, 0.3) is 0 Å². The third-order valence-electron chi connectivity index (χ3n) is 1.97. The number of para-hydroxylation sites is 1. The number of nitrogens with zero attached hydrogens (tertiary/aromatic N) is 1. The van der Waals surface area contributed by atoms with Crippen LogP contribution < -0.4 is 10.2 Å². The molecular formula is C11H15FN2O2. The zero-order valence-electron chi connectivity index (χ0n) is 9.37. The van der Waals surface area contributed by atoms with Gasteiger partial charge in [0.2, 0.25) is 0 Å². The van der Waals surface area contributed by atoms with Crippen LogP contribution in [0.4, 0.5) is 14.9 Å². The summed E-state index contributed by atoms with van der Waals surface area (Å²) in [7, 11) is 1.45. The molecule has 0 heterocycles. The number of anilines is 1. The second-order valence-corrected chi connectivity index (χ2v) is 3.13. The van der Waals surface area contributed by atoms with E-state index in [0.717, 1.165) is 0 Å². The number of carbonyl (C=O) groups excluding carboxylic acids is 1. The molecule has 5 heteroatoms. The van der Waals surface area contributed by atoms with Crippen molar-refractivity contribution in [3.8, 4) is 0 Å². The third kappa shape index (κ3) is 2.93. The number of rotatable bonds is 4. The number of methoxy groups -OCH3 is 1. The molecule has 0 aliphatic heterocycles. The van der Waals surface area contributed by atoms with Gasteiger partial charge in [-0.1, -0.05) is 12.1 Å². The maximum atomic E-state index is 13.5. The fourth-order valence-corrected chi connectivity index (χ4v) is 1.28. The van der Waals surface area contributed by atoms with Crippen molar-refractivity contribution in [2.24, 2.45) is 0 Å². The lowest BCUT2D eigenvalue weighted by Gasteiger charge is -2.22. The minimum Gasteiger partial charge on any atom is -0.364 e. The van der Waals surface area contributed by atoms with E-state index >= 15 is 0 Å². The highest BCUT2D eigenvalue weighted by molar-refractivity contribution is 5.91. The van der Waals surface area contributed by atoms with Crippen molar-refractivity contribution in [3.63, 3.8) is 0 Å². The van der Waals surface area contributed by atoms with Gasteiger partial charge in [0.25, 0.3) is 0 Å². The first kappa shape index (κ1) is 12.4. The Hall–Kier alpha value is -1.62. The molecule has 4 nitrogen and oxygen atoms in total. The molecule has 1 rings (SSSR count). The second kappa shape index (κ2) is 6.07. The molecule has 1 aromatic carbocycles. The molecule has 0 aliphatic rings. The van der Waals surface area contributed by atoms with Crippen LogP contribution in [0.1, 0.15) is 6.92 Å². The highest BCUT2D eigenvalue weighted by Gasteiger charge is 2.17. The van der Waals surface area contributed by atoms with Gasteiger partial charge in [-0.3, -0.25) is 4.90 Å². The second-order valence-electron chi connectivity index (χ2n) is 3.13. The Labute approximate surface area is 94.0 Å². The summed E-state index contributed by atoms with van der Waals surface area (Å²) in [4.78, 5) is 12.9. The predicted molar refractivity (Wildman–Crippen MR) is 59.8 cm³/mol. The van der Waals surface area contributed by atoms with Crippen LogP contribution in [0, 0.1) is 5.82 Å². The van der Waals surface area contributed by atoms with E-state index in [4.69, 9.17) is 4.74 Å². The average Bonchev–Trinajstić information content (AvgIpc) is 2.27. The van der Waals surface area contributed by atoms with Gasteiger partial charge in [-0.15, -0.1) is 0 Å². The number of benzene rings is 1. The van der Waals surface area contributed by atoms with Gasteiger partial charge in [0.05, 0.1) is 5.69 Å². The molecule has 0 fully saturated rings. The van der Waals surface area contributed by atoms with E-state index < -0.39 is 5.82 Å². The molecule has 0 spiro atoms. The van der Waals surface area contributed by atoms with E-state index in [-0.39, 0.29) is 18.4 Å². The summed E-state index contributed by atoms with van der Waals surface area (Å²) < 4.78 is 18.4. The summed E-state index contributed by atoms with van der Waals surface area (Å²) in [6.45, 7) is 2.28. The number of urea groups is 1. The number of hydrogen-bond acceptors (Lipinski definition) is 2. The standard InChI is InChI=1S/C11H15FN2O2/c1-3-13-11(15)14(8-16-2)10-7-5-4-6-9(10)12/h4-7H,3,8H2,1-2H3,(H,13,15). The molecule has 0 saturated carbocycles. The SMILES string of the molecule is CCNC(=O)N(COC)c1ccccc1F. The van der Waals surface area contributed by atoms with Gasteiger partial charge in [-0.25, -0.2) is 9.18 Å². The molecule has 88 valence electrons. The molecule has 16 heavy (non-hydrogen) atoms. The summed E-state index contributed by atoms with van der Waals surface area (Å²) in [5.41, 5.74) is 0.204. The van der Waals surface area contributed by atoms with Crippen LogP contribution in [0.2, 0.25) is 0 Å². The van der Waals surface area contributed by atoms with E-state index in [1.165, 1.54) is 24.1 Å². The highest BCUT2D eigenvalue weighted by atomic mass is 19.1. The van der Waals surface area contributed by atoms with Crippen LogP contribution in [0.5, 0.6) is 0 Å². The lowest BCUT2D eigenvalue weighted by atomic mass is 10.3. The van der Waals surface area contributed by atoms with Crippen molar-refractivity contribution in [2.75, 3.05) is 25.3 Å². The number of nitrogens with one attached hydrogen (secondary N) is 1. The monoisotopic (exact) mass is 226 g/mol. The summed E-state index contributed by atoms with van der Waals surface area (Å²) in [6.07, 6.45) is 0. The Balaban J connectivity index is 2.93. The fourth-order valence-electron chi connectivity index (χ4n) is 1.28. The zero-order valence-corrected chi connectivity index (χ0v) is 9.37. The smallest absolute Gasteiger partial charge is 0.323 e. The predicted octanol–water partition coefficient (Wildman–Crippen LogP) is 1.97. The summed E-state index contributed by atoms with van der Waals surface area (Å²) in [5.74, 6) is -0.453. The van der Waals surface area contributed by atoms with Gasteiger partial charge in [0.1, 0.15) is 12.5 Å². The van der Waals surface area contributed by atoms with Crippen LogP contribution in [-0.2, 0) is 4.74 Å². The molecule has 1 N–H and O–H groups in total. The number of halogens is 1. The Morgan fingerprint density at radius 1 is 1.50 bits per heavy atom. The largest absolute Gasteiger partial charge is 0.364 e. The molecular weight excluding hydrogens is 211 g/mol. The Morgan fingerprint density at radius 2 is 2.19 bits per heavy atom. The van der Waals surface area contributed by atoms with Crippen molar-refractivity contribution >= 4 is 11.7 Å². The first-order chi connectivity index (χ1) is 7.70. The maximum absolute atomic E-state index is 13.5. The molecule has 0 aliphatic carbocycles. The molecule has 2 amide bonds. The van der Waals surface area contributed by atoms with Gasteiger partial charge >= 0.3 is 6.03 Å². The number of amides is 2. The molecule has 0 unspecified atom stereocenters. The van der Waals surface area contributed by atoms with Gasteiger partial charge in [0.15, 0.2) is 0 Å². The van der Waals surface area contributed by atoms with Crippen LogP contribution in [0.3, 0.4) is 0 Å². The van der Waals surface area contributed by atoms with Crippen molar-refractivity contribution in [1.29, 1.82) is 0 Å². The lowest BCUT2D eigenvalue weighted by Crippen LogP contribution is -2.41. The topological polar surface area (TPSA) is 41.6 Å². The summed E-state index contributed by atoms with van der Waals surface area (Å²) >= 11 is 0. The van der Waals surface area contributed by atoms with E-state index in [2.05, 4.69) is 5.32 Å². The normalized spacial score (nSPS) is 9.94. The maximum Gasteiger partial charge on any atom is 0.323 e. The van der Waals surface area contributed by atoms with Crippen LogP contribution >= 0.6 is 0 Å².